The first-order valence-electron chi connectivity index (χ1n) is 5.26. The molecule has 1 aliphatic carbocycles. The van der Waals surface area contributed by atoms with Crippen LogP contribution >= 0.6 is 0 Å². The van der Waals surface area contributed by atoms with Gasteiger partial charge in [-0.15, -0.1) is 0 Å². The average molecular weight is 169 g/mol. The molecule has 2 heteroatoms. The summed E-state index contributed by atoms with van der Waals surface area (Å²) in [5, 5.41) is 9.75. The molecule has 2 nitrogen and oxygen atoms in total. The molecule has 70 valence electrons. The molecule has 1 saturated heterocycles. The molecule has 0 amide bonds. The molecule has 2 fully saturated rings. The van der Waals surface area contributed by atoms with Crippen LogP contribution in [0.15, 0.2) is 0 Å². The van der Waals surface area contributed by atoms with E-state index >= 15 is 0 Å². The smallest absolute Gasteiger partial charge is 0.107 e. The topological polar surface area (TPSA) is 23.5 Å². The molecule has 12 heavy (non-hydrogen) atoms. The SMILES string of the molecule is CCN1C(O)CC2CCCCC21. The number of nitrogens with zero attached hydrogens (tertiary/aromatic N) is 1. The molecule has 0 aromatic rings. The number of rotatable bonds is 1. The van der Waals surface area contributed by atoms with Crippen LogP contribution in [0.4, 0.5) is 0 Å². The Bertz CT molecular complexity index is 160. The molecule has 0 radical (unpaired) electrons. The molecule has 0 aromatic heterocycles. The van der Waals surface area contributed by atoms with E-state index < -0.39 is 0 Å². The van der Waals surface area contributed by atoms with Crippen molar-refractivity contribution in [1.29, 1.82) is 0 Å². The molecular formula is C10H19NO. The predicted octanol–water partition coefficient (Wildman–Crippen LogP) is 1.59. The predicted molar refractivity (Wildman–Crippen MR) is 48.7 cm³/mol. The summed E-state index contributed by atoms with van der Waals surface area (Å²) in [6, 6.07) is 0.707. The highest BCUT2D eigenvalue weighted by Crippen LogP contribution is 2.38. The van der Waals surface area contributed by atoms with E-state index in [2.05, 4.69) is 11.8 Å². The Morgan fingerprint density at radius 2 is 2.08 bits per heavy atom. The summed E-state index contributed by atoms with van der Waals surface area (Å²) in [4.78, 5) is 2.28. The summed E-state index contributed by atoms with van der Waals surface area (Å²) < 4.78 is 0. The zero-order chi connectivity index (χ0) is 8.55. The third-order valence-corrected chi connectivity index (χ3v) is 3.56. The molecule has 1 N–H and O–H groups in total. The minimum Gasteiger partial charge on any atom is -0.378 e. The molecule has 0 spiro atoms. The second-order valence-electron chi connectivity index (χ2n) is 4.16. The maximum atomic E-state index is 9.75. The van der Waals surface area contributed by atoms with Crippen molar-refractivity contribution in [3.63, 3.8) is 0 Å². The van der Waals surface area contributed by atoms with Crippen molar-refractivity contribution in [2.45, 2.75) is 51.3 Å². The minimum absolute atomic E-state index is 0.136. The zero-order valence-corrected chi connectivity index (χ0v) is 7.87. The van der Waals surface area contributed by atoms with Gasteiger partial charge in [-0.2, -0.15) is 0 Å². The number of likely N-dealkylation sites (tertiary alicyclic amines) is 1. The Hall–Kier alpha value is -0.0800. The Morgan fingerprint density at radius 3 is 2.83 bits per heavy atom. The lowest BCUT2D eigenvalue weighted by Crippen LogP contribution is -2.38. The van der Waals surface area contributed by atoms with Gasteiger partial charge in [0.1, 0.15) is 6.23 Å². The minimum atomic E-state index is -0.136. The maximum absolute atomic E-state index is 9.75. The van der Waals surface area contributed by atoms with Gasteiger partial charge in [0, 0.05) is 6.04 Å². The van der Waals surface area contributed by atoms with E-state index in [0.717, 1.165) is 18.9 Å². The van der Waals surface area contributed by atoms with Crippen LogP contribution in [-0.4, -0.2) is 28.8 Å². The van der Waals surface area contributed by atoms with Crippen molar-refractivity contribution >= 4 is 0 Å². The Morgan fingerprint density at radius 1 is 1.33 bits per heavy atom. The fraction of sp³-hybridized carbons (Fsp3) is 1.00. The summed E-state index contributed by atoms with van der Waals surface area (Å²) in [6.07, 6.45) is 6.30. The fourth-order valence-electron chi connectivity index (χ4n) is 2.97. The van der Waals surface area contributed by atoms with E-state index in [9.17, 15) is 5.11 Å². The van der Waals surface area contributed by atoms with E-state index in [-0.39, 0.29) is 6.23 Å². The second kappa shape index (κ2) is 3.35. The average Bonchev–Trinajstić information content (AvgIpc) is 2.40. The van der Waals surface area contributed by atoms with Gasteiger partial charge in [-0.25, -0.2) is 0 Å². The highest BCUT2D eigenvalue weighted by Gasteiger charge is 2.39. The van der Waals surface area contributed by atoms with Crippen molar-refractivity contribution < 1.29 is 5.11 Å². The molecule has 0 bridgehead atoms. The van der Waals surface area contributed by atoms with Crippen molar-refractivity contribution in [3.8, 4) is 0 Å². The molecule has 3 atom stereocenters. The van der Waals surface area contributed by atoms with Gasteiger partial charge in [-0.3, -0.25) is 4.90 Å². The van der Waals surface area contributed by atoms with E-state index in [1.54, 1.807) is 0 Å². The van der Waals surface area contributed by atoms with Crippen LogP contribution in [-0.2, 0) is 0 Å². The Labute approximate surface area is 74.6 Å². The highest BCUT2D eigenvalue weighted by atomic mass is 16.3. The van der Waals surface area contributed by atoms with Gasteiger partial charge in [0.25, 0.3) is 0 Å². The molecule has 2 aliphatic rings. The van der Waals surface area contributed by atoms with Gasteiger partial charge >= 0.3 is 0 Å². The van der Waals surface area contributed by atoms with Crippen molar-refractivity contribution in [2.75, 3.05) is 6.54 Å². The van der Waals surface area contributed by atoms with Gasteiger partial charge in [-0.05, 0) is 31.7 Å². The number of aliphatic hydroxyl groups is 1. The van der Waals surface area contributed by atoms with Crippen molar-refractivity contribution in [3.05, 3.63) is 0 Å². The molecule has 0 aromatic carbocycles. The lowest BCUT2D eigenvalue weighted by atomic mass is 9.85. The largest absolute Gasteiger partial charge is 0.378 e. The van der Waals surface area contributed by atoms with Crippen LogP contribution in [0.2, 0.25) is 0 Å². The maximum Gasteiger partial charge on any atom is 0.107 e. The molecule has 3 unspecified atom stereocenters. The lowest BCUT2D eigenvalue weighted by Gasteiger charge is -2.31. The monoisotopic (exact) mass is 169 g/mol. The van der Waals surface area contributed by atoms with Crippen molar-refractivity contribution in [1.82, 2.24) is 4.90 Å². The van der Waals surface area contributed by atoms with Gasteiger partial charge in [-0.1, -0.05) is 19.8 Å². The van der Waals surface area contributed by atoms with Gasteiger partial charge in [0.2, 0.25) is 0 Å². The first-order chi connectivity index (χ1) is 5.83. The van der Waals surface area contributed by atoms with Crippen LogP contribution in [0.3, 0.4) is 0 Å². The molecule has 2 rings (SSSR count). The number of fused-ring (bicyclic) bond motifs is 1. The first-order valence-corrected chi connectivity index (χ1v) is 5.26. The van der Waals surface area contributed by atoms with E-state index in [1.807, 2.05) is 0 Å². The third kappa shape index (κ3) is 1.27. The van der Waals surface area contributed by atoms with Crippen LogP contribution < -0.4 is 0 Å². The summed E-state index contributed by atoms with van der Waals surface area (Å²) in [5.41, 5.74) is 0. The van der Waals surface area contributed by atoms with Gasteiger partial charge in [0.05, 0.1) is 0 Å². The van der Waals surface area contributed by atoms with Gasteiger partial charge < -0.3 is 5.11 Å². The van der Waals surface area contributed by atoms with Crippen LogP contribution in [0.5, 0.6) is 0 Å². The van der Waals surface area contributed by atoms with Crippen molar-refractivity contribution in [2.24, 2.45) is 5.92 Å². The Balaban J connectivity index is 2.05. The standard InChI is InChI=1S/C10H19NO/c1-2-11-9-6-4-3-5-8(9)7-10(11)12/h8-10,12H,2-7H2,1H3. The number of hydrogen-bond donors (Lipinski definition) is 1. The first kappa shape index (κ1) is 8.52. The second-order valence-corrected chi connectivity index (χ2v) is 4.16. The normalized spacial score (nSPS) is 43.0. The van der Waals surface area contributed by atoms with E-state index in [0.29, 0.717) is 6.04 Å². The van der Waals surface area contributed by atoms with E-state index in [4.69, 9.17) is 0 Å². The quantitative estimate of drug-likeness (QED) is 0.644. The Kier molecular flexibility index (Phi) is 2.37. The van der Waals surface area contributed by atoms with Crippen LogP contribution in [0.25, 0.3) is 0 Å². The number of aliphatic hydroxyl groups excluding tert-OH is 1. The lowest BCUT2D eigenvalue weighted by molar-refractivity contribution is 0.0173. The third-order valence-electron chi connectivity index (χ3n) is 3.56. The summed E-state index contributed by atoms with van der Waals surface area (Å²) in [7, 11) is 0. The van der Waals surface area contributed by atoms with Crippen LogP contribution in [0.1, 0.15) is 39.0 Å². The van der Waals surface area contributed by atoms with E-state index in [1.165, 1.54) is 25.7 Å². The molecular weight excluding hydrogens is 150 g/mol. The summed E-state index contributed by atoms with van der Waals surface area (Å²) >= 11 is 0. The molecule has 1 aliphatic heterocycles. The summed E-state index contributed by atoms with van der Waals surface area (Å²) in [5.74, 6) is 0.800. The molecule has 1 saturated carbocycles. The van der Waals surface area contributed by atoms with Gasteiger partial charge in [0.15, 0.2) is 0 Å². The fourth-order valence-corrected chi connectivity index (χ4v) is 2.97. The molecule has 1 heterocycles. The summed E-state index contributed by atoms with van der Waals surface area (Å²) in [6.45, 7) is 3.17. The van der Waals surface area contributed by atoms with Crippen LogP contribution in [0, 0.1) is 5.92 Å². The zero-order valence-electron chi connectivity index (χ0n) is 7.87. The highest BCUT2D eigenvalue weighted by molar-refractivity contribution is 4.91. The number of hydrogen-bond acceptors (Lipinski definition) is 2.